The van der Waals surface area contributed by atoms with Gasteiger partial charge in [0.1, 0.15) is 17.8 Å². The van der Waals surface area contributed by atoms with E-state index < -0.39 is 29.6 Å². The van der Waals surface area contributed by atoms with E-state index in [0.29, 0.717) is 0 Å². The third-order valence-corrected chi connectivity index (χ3v) is 4.45. The van der Waals surface area contributed by atoms with Crippen LogP contribution in [-0.2, 0) is 18.1 Å². The molecule has 1 N–H and O–H groups in total. The number of benzene rings is 1. The highest BCUT2D eigenvalue weighted by atomic mass is 35.5. The zero-order chi connectivity index (χ0) is 17.8. The van der Waals surface area contributed by atoms with Gasteiger partial charge in [0.25, 0.3) is 0 Å². The number of nitrogens with zero attached hydrogens (tertiary/aromatic N) is 4. The van der Waals surface area contributed by atoms with E-state index in [9.17, 15) is 9.50 Å². The fourth-order valence-corrected chi connectivity index (χ4v) is 3.11. The van der Waals surface area contributed by atoms with Gasteiger partial charge in [-0.2, -0.15) is 13.9 Å². The summed E-state index contributed by atoms with van der Waals surface area (Å²) in [5.41, 5.74) is -3.42. The van der Waals surface area contributed by atoms with E-state index in [1.54, 1.807) is 0 Å². The van der Waals surface area contributed by atoms with Gasteiger partial charge in [-0.1, -0.05) is 17.7 Å². The second-order valence-electron chi connectivity index (χ2n) is 5.73. The lowest BCUT2D eigenvalue weighted by molar-refractivity contribution is -0.207. The summed E-state index contributed by atoms with van der Waals surface area (Å²) in [6.07, 6.45) is 2.23. The van der Waals surface area contributed by atoms with Crippen LogP contribution in [0.2, 0.25) is 5.02 Å². The zero-order valence-corrected chi connectivity index (χ0v) is 13.3. The van der Waals surface area contributed by atoms with Crippen molar-refractivity contribution in [3.05, 3.63) is 65.0 Å². The number of rotatable bonds is 2. The largest absolute Gasteiger partial charge is 0.377 e. The third kappa shape index (κ3) is 2.25. The number of halogens is 4. The van der Waals surface area contributed by atoms with Crippen molar-refractivity contribution in [1.29, 1.82) is 0 Å². The van der Waals surface area contributed by atoms with Crippen molar-refractivity contribution in [2.24, 2.45) is 0 Å². The van der Waals surface area contributed by atoms with Crippen LogP contribution in [0.3, 0.4) is 0 Å². The molecule has 25 heavy (non-hydrogen) atoms. The Balaban J connectivity index is 1.94. The molecule has 1 atom stereocenters. The van der Waals surface area contributed by atoms with Crippen LogP contribution in [0.4, 0.5) is 13.2 Å². The second-order valence-corrected chi connectivity index (χ2v) is 6.16. The topological polar surface area (TPSA) is 63.8 Å². The van der Waals surface area contributed by atoms with Gasteiger partial charge in [-0.3, -0.25) is 4.98 Å². The first-order chi connectivity index (χ1) is 11.8. The van der Waals surface area contributed by atoms with Gasteiger partial charge in [-0.25, -0.2) is 14.1 Å². The minimum atomic E-state index is -3.78. The number of fused-ring (bicyclic) bond motifs is 3. The number of aromatic nitrogens is 4. The molecule has 1 aromatic carbocycles. The highest BCUT2D eigenvalue weighted by molar-refractivity contribution is 6.30. The summed E-state index contributed by atoms with van der Waals surface area (Å²) in [5.74, 6) is -4.21. The minimum absolute atomic E-state index is 0.0555. The molecule has 5 nitrogen and oxygen atoms in total. The van der Waals surface area contributed by atoms with Gasteiger partial charge in [-0.15, -0.1) is 0 Å². The summed E-state index contributed by atoms with van der Waals surface area (Å²) in [6.45, 7) is -0.557. The average molecular weight is 367 g/mol. The standard InChI is InChI=1S/C16H10ClF3N4O/c17-9-1-4-13(21-6-9)16(19,20)15(25)7-24-14(22-8-23-24)11-5-10(18)2-3-12(11)15/h1-6,8,25H,7H2. The Kier molecular flexibility index (Phi) is 3.38. The van der Waals surface area contributed by atoms with Crippen LogP contribution in [0.1, 0.15) is 11.3 Å². The van der Waals surface area contributed by atoms with Gasteiger partial charge in [0, 0.05) is 17.3 Å². The summed E-state index contributed by atoms with van der Waals surface area (Å²) in [6, 6.07) is 5.50. The van der Waals surface area contributed by atoms with Gasteiger partial charge in [0.2, 0.25) is 0 Å². The third-order valence-electron chi connectivity index (χ3n) is 4.23. The summed E-state index contributed by atoms with van der Waals surface area (Å²) < 4.78 is 45.2. The van der Waals surface area contributed by atoms with Gasteiger partial charge in [0.15, 0.2) is 11.4 Å². The molecule has 0 saturated heterocycles. The first-order valence-electron chi connectivity index (χ1n) is 7.23. The molecule has 0 spiro atoms. The summed E-state index contributed by atoms with van der Waals surface area (Å²) in [4.78, 5) is 7.61. The van der Waals surface area contributed by atoms with Crippen molar-refractivity contribution in [3.63, 3.8) is 0 Å². The second kappa shape index (κ2) is 5.27. The first-order valence-corrected chi connectivity index (χ1v) is 7.61. The molecule has 2 aromatic heterocycles. The number of alkyl halides is 2. The van der Waals surface area contributed by atoms with Crippen LogP contribution in [0.25, 0.3) is 11.4 Å². The van der Waals surface area contributed by atoms with Crippen LogP contribution in [-0.4, -0.2) is 24.9 Å². The molecular formula is C16H10ClF3N4O. The molecule has 0 bridgehead atoms. The van der Waals surface area contributed by atoms with Crippen molar-refractivity contribution >= 4 is 11.6 Å². The van der Waals surface area contributed by atoms with Gasteiger partial charge in [-0.05, 0) is 24.3 Å². The Morgan fingerprint density at radius 3 is 2.72 bits per heavy atom. The van der Waals surface area contributed by atoms with E-state index in [-0.39, 0.29) is 22.0 Å². The van der Waals surface area contributed by atoms with E-state index in [2.05, 4.69) is 15.1 Å². The maximum absolute atomic E-state index is 15.2. The summed E-state index contributed by atoms with van der Waals surface area (Å²) in [7, 11) is 0. The first kappa shape index (κ1) is 16.0. The molecule has 4 rings (SSSR count). The van der Waals surface area contributed by atoms with Crippen molar-refractivity contribution in [2.75, 3.05) is 0 Å². The Morgan fingerprint density at radius 2 is 2.00 bits per heavy atom. The van der Waals surface area contributed by atoms with Crippen LogP contribution < -0.4 is 0 Å². The molecule has 1 unspecified atom stereocenters. The molecule has 3 heterocycles. The molecule has 0 radical (unpaired) electrons. The van der Waals surface area contributed by atoms with Crippen molar-refractivity contribution in [1.82, 2.24) is 19.7 Å². The molecule has 1 aliphatic rings. The molecule has 0 amide bonds. The van der Waals surface area contributed by atoms with Crippen LogP contribution in [0.15, 0.2) is 42.9 Å². The minimum Gasteiger partial charge on any atom is -0.377 e. The molecule has 3 aromatic rings. The van der Waals surface area contributed by atoms with E-state index >= 15 is 8.78 Å². The van der Waals surface area contributed by atoms with E-state index in [1.807, 2.05) is 0 Å². The van der Waals surface area contributed by atoms with Gasteiger partial charge >= 0.3 is 5.92 Å². The molecule has 0 aliphatic carbocycles. The highest BCUT2D eigenvalue weighted by Gasteiger charge is 2.59. The fraction of sp³-hybridized carbons (Fsp3) is 0.188. The number of hydrogen-bond donors (Lipinski definition) is 1. The monoisotopic (exact) mass is 366 g/mol. The van der Waals surface area contributed by atoms with Gasteiger partial charge < -0.3 is 5.11 Å². The maximum atomic E-state index is 15.2. The average Bonchev–Trinajstić information content (AvgIpc) is 3.03. The van der Waals surface area contributed by atoms with Crippen LogP contribution >= 0.6 is 11.6 Å². The van der Waals surface area contributed by atoms with Gasteiger partial charge in [0.05, 0.1) is 11.6 Å². The van der Waals surface area contributed by atoms with E-state index in [4.69, 9.17) is 11.6 Å². The summed E-state index contributed by atoms with van der Waals surface area (Å²) >= 11 is 5.70. The molecule has 128 valence electrons. The summed E-state index contributed by atoms with van der Waals surface area (Å²) in [5, 5.41) is 15.0. The van der Waals surface area contributed by atoms with Crippen LogP contribution in [0, 0.1) is 5.82 Å². The quantitative estimate of drug-likeness (QED) is 0.757. The SMILES string of the molecule is OC1(C(F)(F)c2ccc(Cl)cn2)Cn2ncnc2-c2cc(F)ccc21. The normalized spacial score (nSPS) is 19.4. The number of aliphatic hydroxyl groups is 1. The lowest BCUT2D eigenvalue weighted by Crippen LogP contribution is -2.49. The molecule has 0 fully saturated rings. The number of hydrogen-bond acceptors (Lipinski definition) is 4. The Hall–Kier alpha value is -2.45. The van der Waals surface area contributed by atoms with E-state index in [0.717, 1.165) is 41.5 Å². The zero-order valence-electron chi connectivity index (χ0n) is 12.5. The number of pyridine rings is 1. The molecule has 9 heteroatoms. The predicted molar refractivity (Wildman–Crippen MR) is 82.5 cm³/mol. The Bertz CT molecular complexity index is 960. The lowest BCUT2D eigenvalue weighted by atomic mass is 9.80. The maximum Gasteiger partial charge on any atom is 0.323 e. The van der Waals surface area contributed by atoms with Crippen molar-refractivity contribution in [2.45, 2.75) is 18.1 Å². The smallest absolute Gasteiger partial charge is 0.323 e. The van der Waals surface area contributed by atoms with Crippen molar-refractivity contribution < 1.29 is 18.3 Å². The van der Waals surface area contributed by atoms with Crippen LogP contribution in [0.5, 0.6) is 0 Å². The highest BCUT2D eigenvalue weighted by Crippen LogP contribution is 2.50. The molecular weight excluding hydrogens is 357 g/mol. The molecule has 1 aliphatic heterocycles. The Morgan fingerprint density at radius 1 is 1.20 bits per heavy atom. The Labute approximate surface area is 144 Å². The lowest BCUT2D eigenvalue weighted by Gasteiger charge is -2.39. The molecule has 0 saturated carbocycles. The fourth-order valence-electron chi connectivity index (χ4n) is 2.99. The van der Waals surface area contributed by atoms with Crippen molar-refractivity contribution in [3.8, 4) is 11.4 Å². The van der Waals surface area contributed by atoms with E-state index in [1.165, 1.54) is 6.07 Å². The predicted octanol–water partition coefficient (Wildman–Crippen LogP) is 3.13.